The van der Waals surface area contributed by atoms with Crippen LogP contribution in [0.3, 0.4) is 0 Å². The van der Waals surface area contributed by atoms with Crippen LogP contribution in [0.25, 0.3) is 0 Å². The van der Waals surface area contributed by atoms with Crippen molar-refractivity contribution >= 4 is 34.8 Å². The van der Waals surface area contributed by atoms with Crippen LogP contribution in [0.4, 0.5) is 5.69 Å². The molecule has 0 saturated carbocycles. The van der Waals surface area contributed by atoms with E-state index in [-0.39, 0.29) is 12.5 Å². The Bertz CT molecular complexity index is 474. The zero-order valence-electron chi connectivity index (χ0n) is 10.7. The highest BCUT2D eigenvalue weighted by Crippen LogP contribution is 2.28. The summed E-state index contributed by atoms with van der Waals surface area (Å²) >= 11 is 12.1. The number of hydrogen-bond acceptors (Lipinski definition) is 3. The molecule has 104 valence electrons. The smallest absolute Gasteiger partial charge is 0.242 e. The predicted octanol–water partition coefficient (Wildman–Crippen LogP) is 2.57. The average Bonchev–Trinajstić information content (AvgIpc) is 2.42. The summed E-state index contributed by atoms with van der Waals surface area (Å²) in [7, 11) is 0. The second-order valence-corrected chi connectivity index (χ2v) is 5.24. The van der Waals surface area contributed by atoms with E-state index in [0.717, 1.165) is 5.56 Å². The van der Waals surface area contributed by atoms with Gasteiger partial charge in [-0.25, -0.2) is 0 Å². The van der Waals surface area contributed by atoms with Crippen molar-refractivity contribution < 1.29 is 9.53 Å². The fourth-order valence-electron chi connectivity index (χ4n) is 1.88. The van der Waals surface area contributed by atoms with Gasteiger partial charge < -0.3 is 15.0 Å². The molecule has 2 rings (SSSR count). The quantitative estimate of drug-likeness (QED) is 0.933. The summed E-state index contributed by atoms with van der Waals surface area (Å²) in [6.07, 6.45) is 0. The number of nitrogens with zero attached hydrogens (tertiary/aromatic N) is 1. The summed E-state index contributed by atoms with van der Waals surface area (Å²) in [5, 5.41) is 4.23. The molecule has 4 nitrogen and oxygen atoms in total. The van der Waals surface area contributed by atoms with E-state index in [1.807, 2.05) is 6.92 Å². The molecule has 1 amide bonds. The van der Waals surface area contributed by atoms with E-state index in [1.165, 1.54) is 0 Å². The number of carbonyl (C=O) groups is 1. The van der Waals surface area contributed by atoms with Crippen molar-refractivity contribution in [2.45, 2.75) is 6.92 Å². The third-order valence-electron chi connectivity index (χ3n) is 3.04. The summed E-state index contributed by atoms with van der Waals surface area (Å²) in [4.78, 5) is 13.7. The number of morpholine rings is 1. The molecule has 1 aromatic rings. The second kappa shape index (κ2) is 6.46. The first-order valence-corrected chi connectivity index (χ1v) is 6.88. The number of amides is 1. The molecule has 1 N–H and O–H groups in total. The minimum atomic E-state index is 0.0380. The number of rotatable bonds is 3. The molecule has 19 heavy (non-hydrogen) atoms. The van der Waals surface area contributed by atoms with Crippen LogP contribution in [-0.4, -0.2) is 43.7 Å². The Morgan fingerprint density at radius 1 is 1.32 bits per heavy atom. The van der Waals surface area contributed by atoms with Crippen LogP contribution in [0, 0.1) is 6.92 Å². The highest BCUT2D eigenvalue weighted by atomic mass is 35.5. The second-order valence-electron chi connectivity index (χ2n) is 4.43. The Kier molecular flexibility index (Phi) is 4.91. The van der Waals surface area contributed by atoms with Gasteiger partial charge >= 0.3 is 0 Å². The van der Waals surface area contributed by atoms with Gasteiger partial charge in [0, 0.05) is 18.1 Å². The molecule has 0 unspecified atom stereocenters. The molecule has 0 bridgehead atoms. The van der Waals surface area contributed by atoms with E-state index in [0.29, 0.717) is 42.0 Å². The largest absolute Gasteiger partial charge is 0.378 e. The molecular formula is C13H16Cl2N2O2. The number of halogens is 2. The number of nitrogens with one attached hydrogen (secondary N) is 1. The minimum absolute atomic E-state index is 0.0380. The van der Waals surface area contributed by atoms with Gasteiger partial charge in [-0.15, -0.1) is 0 Å². The van der Waals surface area contributed by atoms with Crippen LogP contribution < -0.4 is 5.32 Å². The van der Waals surface area contributed by atoms with Crippen molar-refractivity contribution in [3.8, 4) is 0 Å². The Hall–Kier alpha value is -0.970. The molecule has 1 fully saturated rings. The topological polar surface area (TPSA) is 41.6 Å². The maximum absolute atomic E-state index is 12.0. The number of hydrogen-bond donors (Lipinski definition) is 1. The normalized spacial score (nSPS) is 15.4. The number of carbonyl (C=O) groups excluding carboxylic acids is 1. The van der Waals surface area contributed by atoms with E-state index in [2.05, 4.69) is 5.32 Å². The molecule has 1 heterocycles. The van der Waals surface area contributed by atoms with Gasteiger partial charge in [0.1, 0.15) is 0 Å². The molecule has 1 aliphatic heterocycles. The predicted molar refractivity (Wildman–Crippen MR) is 77.1 cm³/mol. The van der Waals surface area contributed by atoms with Gasteiger partial charge in [-0.2, -0.15) is 0 Å². The van der Waals surface area contributed by atoms with Crippen LogP contribution in [0.1, 0.15) is 5.56 Å². The van der Waals surface area contributed by atoms with Crippen LogP contribution in [0.15, 0.2) is 12.1 Å². The van der Waals surface area contributed by atoms with Gasteiger partial charge in [0.2, 0.25) is 5.91 Å². The van der Waals surface area contributed by atoms with E-state index >= 15 is 0 Å². The first-order chi connectivity index (χ1) is 9.08. The fourth-order valence-corrected chi connectivity index (χ4v) is 2.33. The zero-order chi connectivity index (χ0) is 13.8. The molecule has 1 saturated heterocycles. The van der Waals surface area contributed by atoms with Gasteiger partial charge in [0.15, 0.2) is 0 Å². The minimum Gasteiger partial charge on any atom is -0.378 e. The molecular weight excluding hydrogens is 287 g/mol. The third kappa shape index (κ3) is 3.75. The van der Waals surface area contributed by atoms with Crippen LogP contribution >= 0.6 is 23.2 Å². The van der Waals surface area contributed by atoms with Gasteiger partial charge in [-0.05, 0) is 24.6 Å². The Morgan fingerprint density at radius 3 is 2.68 bits per heavy atom. The summed E-state index contributed by atoms with van der Waals surface area (Å²) < 4.78 is 5.21. The SMILES string of the molecule is Cc1cc(Cl)c(NCC(=O)N2CCOCC2)cc1Cl. The lowest BCUT2D eigenvalue weighted by molar-refractivity contribution is -0.133. The number of aryl methyl sites for hydroxylation is 1. The Balaban J connectivity index is 1.94. The lowest BCUT2D eigenvalue weighted by atomic mass is 10.2. The van der Waals surface area contributed by atoms with Gasteiger partial charge in [-0.1, -0.05) is 23.2 Å². The summed E-state index contributed by atoms with van der Waals surface area (Å²) in [5.74, 6) is 0.0380. The lowest BCUT2D eigenvalue weighted by Crippen LogP contribution is -2.43. The summed E-state index contributed by atoms with van der Waals surface area (Å²) in [6, 6.07) is 3.53. The molecule has 0 aliphatic carbocycles. The van der Waals surface area contributed by atoms with E-state index in [4.69, 9.17) is 27.9 Å². The van der Waals surface area contributed by atoms with Crippen LogP contribution in [-0.2, 0) is 9.53 Å². The van der Waals surface area contributed by atoms with E-state index in [9.17, 15) is 4.79 Å². The van der Waals surface area contributed by atoms with Crippen molar-refractivity contribution in [1.82, 2.24) is 4.90 Å². The fraction of sp³-hybridized carbons (Fsp3) is 0.462. The van der Waals surface area contributed by atoms with Gasteiger partial charge in [-0.3, -0.25) is 4.79 Å². The van der Waals surface area contributed by atoms with Crippen molar-refractivity contribution in [3.05, 3.63) is 27.7 Å². The molecule has 0 spiro atoms. The Morgan fingerprint density at radius 2 is 2.00 bits per heavy atom. The van der Waals surface area contributed by atoms with E-state index in [1.54, 1.807) is 17.0 Å². The summed E-state index contributed by atoms with van der Waals surface area (Å²) in [6.45, 7) is 4.58. The van der Waals surface area contributed by atoms with Crippen molar-refractivity contribution in [3.63, 3.8) is 0 Å². The van der Waals surface area contributed by atoms with Gasteiger partial charge in [0.25, 0.3) is 0 Å². The van der Waals surface area contributed by atoms with E-state index < -0.39 is 0 Å². The lowest BCUT2D eigenvalue weighted by Gasteiger charge is -2.27. The van der Waals surface area contributed by atoms with Crippen molar-refractivity contribution in [2.24, 2.45) is 0 Å². The molecule has 1 aliphatic rings. The molecule has 1 aromatic carbocycles. The zero-order valence-corrected chi connectivity index (χ0v) is 12.2. The van der Waals surface area contributed by atoms with Gasteiger partial charge in [0.05, 0.1) is 30.5 Å². The first kappa shape index (κ1) is 14.4. The van der Waals surface area contributed by atoms with Crippen LogP contribution in [0.5, 0.6) is 0 Å². The molecule has 0 atom stereocenters. The van der Waals surface area contributed by atoms with Crippen molar-refractivity contribution in [2.75, 3.05) is 38.2 Å². The number of anilines is 1. The maximum Gasteiger partial charge on any atom is 0.242 e. The summed E-state index contributed by atoms with van der Waals surface area (Å²) in [5.41, 5.74) is 1.59. The molecule has 0 aromatic heterocycles. The first-order valence-electron chi connectivity index (χ1n) is 6.13. The molecule has 6 heteroatoms. The number of benzene rings is 1. The average molecular weight is 303 g/mol. The highest BCUT2D eigenvalue weighted by molar-refractivity contribution is 6.35. The standard InChI is InChI=1S/C13H16Cl2N2O2/c1-9-6-11(15)12(7-10(9)14)16-8-13(18)17-2-4-19-5-3-17/h6-7,16H,2-5,8H2,1H3. The number of ether oxygens (including phenoxy) is 1. The highest BCUT2D eigenvalue weighted by Gasteiger charge is 2.16. The monoisotopic (exact) mass is 302 g/mol. The van der Waals surface area contributed by atoms with Crippen molar-refractivity contribution in [1.29, 1.82) is 0 Å². The maximum atomic E-state index is 12.0. The Labute approximate surface area is 122 Å². The third-order valence-corrected chi connectivity index (χ3v) is 3.76. The molecule has 0 radical (unpaired) electrons. The van der Waals surface area contributed by atoms with Crippen LogP contribution in [0.2, 0.25) is 10.0 Å².